The minimum atomic E-state index is -1.78. The molecule has 2 aromatic carbocycles. The summed E-state index contributed by atoms with van der Waals surface area (Å²) in [5, 5.41) is 49.4. The van der Waals surface area contributed by atoms with E-state index in [2.05, 4.69) is 63.5 Å². The van der Waals surface area contributed by atoms with Crippen molar-refractivity contribution >= 4 is 65.0 Å². The zero-order valence-electron chi connectivity index (χ0n) is 49.9. The van der Waals surface area contributed by atoms with Crippen LogP contribution in [0, 0.1) is 5.92 Å². The molecule has 4 rings (SSSR count). The van der Waals surface area contributed by atoms with Crippen molar-refractivity contribution in [1.29, 1.82) is 0 Å². The molecule has 3 aromatic rings. The quantitative estimate of drug-likeness (QED) is 0.0397. The first-order valence-corrected chi connectivity index (χ1v) is 29.2. The summed E-state index contributed by atoms with van der Waals surface area (Å²) in [6.07, 6.45) is -2.77. The molecule has 0 bridgehead atoms. The first-order valence-electron chi connectivity index (χ1n) is 29.2. The normalized spacial score (nSPS) is 22.4. The number of benzene rings is 2. The van der Waals surface area contributed by atoms with Crippen molar-refractivity contribution in [1.82, 2.24) is 63.5 Å². The van der Waals surface area contributed by atoms with Gasteiger partial charge in [-0.25, -0.2) is 0 Å². The topological polar surface area (TPSA) is 504 Å². The largest absolute Gasteiger partial charge is 0.391 e. The molecular formula is C58H87N17O13. The molecular weight excluding hydrogens is 1140 g/mol. The number of aliphatic hydroxyl groups is 2. The molecule has 1 aromatic heterocycles. The van der Waals surface area contributed by atoms with Gasteiger partial charge in [0.05, 0.1) is 17.9 Å². The molecule has 13 atom stereocenters. The highest BCUT2D eigenvalue weighted by Gasteiger charge is 2.38. The van der Waals surface area contributed by atoms with Crippen LogP contribution in [0.25, 0.3) is 11.3 Å². The van der Waals surface area contributed by atoms with Crippen LogP contribution in [0.4, 0.5) is 0 Å². The van der Waals surface area contributed by atoms with Gasteiger partial charge in [0.2, 0.25) is 59.1 Å². The minimum absolute atomic E-state index is 0.0993. The van der Waals surface area contributed by atoms with E-state index in [1.54, 1.807) is 68.4 Å². The molecule has 30 nitrogen and oxygen atoms in total. The maximum absolute atomic E-state index is 14.5. The summed E-state index contributed by atoms with van der Waals surface area (Å²) < 4.78 is 0. The van der Waals surface area contributed by atoms with E-state index in [4.69, 9.17) is 28.7 Å². The number of carbonyl (C=O) groups is 11. The van der Waals surface area contributed by atoms with E-state index in [0.717, 1.165) is 5.56 Å². The maximum atomic E-state index is 14.5. The predicted octanol–water partition coefficient (Wildman–Crippen LogP) is -5.87. The summed E-state index contributed by atoms with van der Waals surface area (Å²) in [7, 11) is 0. The van der Waals surface area contributed by atoms with Gasteiger partial charge in [-0.3, -0.25) is 57.7 Å². The standard InChI is InChI=1S/C58H87N17O13/c1-5-31(2)45-57(87)70-38(17-23-60)49(79)68-40(19-25-62)53(83)74-46(32(3)76)56(86)65-27-21-41(51(81)67-37(16-22-59)50(80)71-43(54(84)73-45)28-34-12-8-6-9-13-34)69-55(85)44(30-63)72-58(88)47(33(4)77)75-52(82)39(18-24-61)66-48(78)36-20-26-64-42(29-36)35-14-10-7-11-15-35/h6-15,20,26,29,31-33,37-41,43-47,76-77H,5,16-19,21-25,27-28,30,59-63H2,1-4H3,(H,65,86)(H,66,78)(H,67,81)(H,68,79)(H,69,85)(H,70,87)(H,71,80)(H,72,88)(H,73,84)(H,74,83)(H,75,82)/t31-,32+,33+,37-,38-,39-,40-,41-,43+,44+,45-,46-,47-/m0/s1. The van der Waals surface area contributed by atoms with Crippen LogP contribution in [0.15, 0.2) is 79.0 Å². The summed E-state index contributed by atoms with van der Waals surface area (Å²) in [6.45, 7) is 4.06. The Balaban J connectivity index is 1.68. The third kappa shape index (κ3) is 22.0. The number of carbonyl (C=O) groups excluding carboxylic acids is 11. The Bertz CT molecular complexity index is 2830. The molecule has 30 heteroatoms. The summed E-state index contributed by atoms with van der Waals surface area (Å²) in [4.78, 5) is 159. The van der Waals surface area contributed by atoms with Crippen molar-refractivity contribution in [2.24, 2.45) is 34.6 Å². The lowest BCUT2D eigenvalue weighted by Gasteiger charge is -2.30. The fourth-order valence-corrected chi connectivity index (χ4v) is 9.22. The fourth-order valence-electron chi connectivity index (χ4n) is 9.22. The molecule has 1 aliphatic heterocycles. The molecule has 88 heavy (non-hydrogen) atoms. The Hall–Kier alpha value is -8.52. The number of hydrogen-bond acceptors (Lipinski definition) is 19. The third-order valence-electron chi connectivity index (χ3n) is 14.5. The predicted molar refractivity (Wildman–Crippen MR) is 323 cm³/mol. The van der Waals surface area contributed by atoms with Gasteiger partial charge in [0, 0.05) is 36.8 Å². The lowest BCUT2D eigenvalue weighted by Crippen LogP contribution is -2.63. The Labute approximate surface area is 510 Å². The molecule has 1 fully saturated rings. The summed E-state index contributed by atoms with van der Waals surface area (Å²) in [5.74, 6) is -10.9. The van der Waals surface area contributed by atoms with Gasteiger partial charge in [-0.1, -0.05) is 80.9 Å². The molecule has 1 aliphatic rings. The van der Waals surface area contributed by atoms with Crippen molar-refractivity contribution < 1.29 is 63.0 Å². The van der Waals surface area contributed by atoms with Crippen LogP contribution in [0.2, 0.25) is 0 Å². The van der Waals surface area contributed by atoms with Gasteiger partial charge in [0.25, 0.3) is 5.91 Å². The summed E-state index contributed by atoms with van der Waals surface area (Å²) >= 11 is 0. The Morgan fingerprint density at radius 3 is 1.67 bits per heavy atom. The van der Waals surface area contributed by atoms with E-state index in [1.165, 1.54) is 32.2 Å². The molecule has 0 aliphatic carbocycles. The minimum Gasteiger partial charge on any atom is -0.391 e. The third-order valence-corrected chi connectivity index (χ3v) is 14.5. The van der Waals surface area contributed by atoms with E-state index in [9.17, 15) is 63.0 Å². The smallest absolute Gasteiger partial charge is 0.252 e. The van der Waals surface area contributed by atoms with Crippen molar-refractivity contribution in [3.8, 4) is 11.3 Å². The first-order chi connectivity index (χ1) is 42.0. The van der Waals surface area contributed by atoms with Gasteiger partial charge in [-0.2, -0.15) is 0 Å². The van der Waals surface area contributed by atoms with Crippen LogP contribution in [0.3, 0.4) is 0 Å². The Morgan fingerprint density at radius 2 is 1.12 bits per heavy atom. The zero-order valence-corrected chi connectivity index (χ0v) is 49.9. The van der Waals surface area contributed by atoms with Crippen LogP contribution in [-0.2, 0) is 54.4 Å². The van der Waals surface area contributed by atoms with Gasteiger partial charge in [-0.05, 0) is 95.7 Å². The molecule has 1 saturated heterocycles. The Morgan fingerprint density at radius 1 is 0.591 bits per heavy atom. The van der Waals surface area contributed by atoms with Crippen LogP contribution in [-0.4, -0.2) is 192 Å². The number of rotatable bonds is 24. The van der Waals surface area contributed by atoms with Crippen LogP contribution in [0.1, 0.15) is 82.1 Å². The monoisotopic (exact) mass is 1230 g/mol. The number of aromatic nitrogens is 1. The van der Waals surface area contributed by atoms with E-state index in [1.807, 2.05) is 6.07 Å². The average Bonchev–Trinajstić information content (AvgIpc) is 3.69. The van der Waals surface area contributed by atoms with Crippen molar-refractivity contribution in [2.75, 3.05) is 39.3 Å². The summed E-state index contributed by atoms with van der Waals surface area (Å²) in [6, 6.07) is 5.17. The van der Waals surface area contributed by atoms with Gasteiger partial charge >= 0.3 is 0 Å². The summed E-state index contributed by atoms with van der Waals surface area (Å²) in [5.41, 5.74) is 31.4. The molecule has 23 N–H and O–H groups in total. The zero-order chi connectivity index (χ0) is 65.0. The highest BCUT2D eigenvalue weighted by Crippen LogP contribution is 2.18. The second kappa shape index (κ2) is 36.6. The van der Waals surface area contributed by atoms with Crippen LogP contribution >= 0.6 is 0 Å². The lowest BCUT2D eigenvalue weighted by molar-refractivity contribution is -0.136. The van der Waals surface area contributed by atoms with Crippen molar-refractivity contribution in [2.45, 2.75) is 145 Å². The fraction of sp³-hybridized carbons (Fsp3) is 0.517. The van der Waals surface area contributed by atoms with Gasteiger partial charge in [-0.15, -0.1) is 0 Å². The molecule has 0 radical (unpaired) electrons. The highest BCUT2D eigenvalue weighted by atomic mass is 16.3. The SMILES string of the molecule is CC[C@H](C)[C@@H]1NC(=O)[C@@H](Cc2ccccc2)NC(=O)[C@H](CCN)NC(=O)[C@@H](NC(=O)[C@@H](CN)NC(=O)[C@@H](NC(=O)[C@H](CCN)NC(=O)c2ccnc(-c3ccccc3)c2)[C@@H](C)O)CCNC(=O)[C@H]([C@@H](C)O)NC(=O)[C@H](CCN)NC(=O)[C@H](CCN)NC1=O. The van der Waals surface area contributed by atoms with Gasteiger partial charge in [0.15, 0.2) is 0 Å². The number of amides is 11. The number of hydrogen-bond donors (Lipinski definition) is 18. The van der Waals surface area contributed by atoms with Crippen LogP contribution in [0.5, 0.6) is 0 Å². The van der Waals surface area contributed by atoms with E-state index >= 15 is 0 Å². The van der Waals surface area contributed by atoms with Gasteiger partial charge < -0.3 is 97.4 Å². The van der Waals surface area contributed by atoms with Crippen molar-refractivity contribution in [3.05, 3.63) is 90.1 Å². The highest BCUT2D eigenvalue weighted by molar-refractivity contribution is 6.01. The number of nitrogens with zero attached hydrogens (tertiary/aromatic N) is 1. The lowest BCUT2D eigenvalue weighted by atomic mass is 9.96. The van der Waals surface area contributed by atoms with E-state index < -0.39 is 163 Å². The number of nitrogens with two attached hydrogens (primary N) is 5. The molecule has 2 heterocycles. The Kier molecular flexibility index (Phi) is 29.9. The van der Waals surface area contributed by atoms with E-state index in [0.29, 0.717) is 17.7 Å². The second-order valence-corrected chi connectivity index (χ2v) is 21.3. The number of nitrogens with one attached hydrogen (secondary N) is 11. The molecule has 0 unspecified atom stereocenters. The molecule has 11 amide bonds. The van der Waals surface area contributed by atoms with E-state index in [-0.39, 0.29) is 63.8 Å². The van der Waals surface area contributed by atoms with Crippen LogP contribution < -0.4 is 87.2 Å². The average molecular weight is 1230 g/mol. The molecule has 482 valence electrons. The van der Waals surface area contributed by atoms with Gasteiger partial charge in [0.1, 0.15) is 60.4 Å². The molecule has 0 saturated carbocycles. The first kappa shape index (κ1) is 72.0. The second-order valence-electron chi connectivity index (χ2n) is 21.3. The maximum Gasteiger partial charge on any atom is 0.252 e. The van der Waals surface area contributed by atoms with Crippen molar-refractivity contribution in [3.63, 3.8) is 0 Å². The number of aliphatic hydroxyl groups excluding tert-OH is 2. The number of pyridine rings is 1. The molecule has 0 spiro atoms.